The van der Waals surface area contributed by atoms with Gasteiger partial charge < -0.3 is 19.2 Å². The minimum absolute atomic E-state index is 0.101. The van der Waals surface area contributed by atoms with Gasteiger partial charge in [0.25, 0.3) is 5.91 Å². The van der Waals surface area contributed by atoms with Crippen LogP contribution in [0, 0.1) is 0 Å². The second-order valence-corrected chi connectivity index (χ2v) is 6.47. The highest BCUT2D eigenvalue weighted by Gasteiger charge is 2.14. The van der Waals surface area contributed by atoms with Crippen molar-refractivity contribution in [2.75, 3.05) is 13.2 Å². The third-order valence-corrected chi connectivity index (χ3v) is 4.22. The number of nitrogens with one attached hydrogen (secondary N) is 1. The van der Waals surface area contributed by atoms with Gasteiger partial charge in [-0.2, -0.15) is 0 Å². The lowest BCUT2D eigenvalue weighted by atomic mass is 10.0. The SMILES string of the molecule is C[C@@H](NC(=O)COC(=O)COc1ccc(C(=O)c2ccccc2)cc1)c1ccco1. The summed E-state index contributed by atoms with van der Waals surface area (Å²) in [7, 11) is 0. The number of benzene rings is 2. The normalized spacial score (nSPS) is 11.4. The van der Waals surface area contributed by atoms with E-state index >= 15 is 0 Å². The van der Waals surface area contributed by atoms with Crippen LogP contribution in [0.25, 0.3) is 0 Å². The first-order chi connectivity index (χ1) is 14.5. The third kappa shape index (κ3) is 5.81. The van der Waals surface area contributed by atoms with Gasteiger partial charge in [-0.15, -0.1) is 0 Å². The minimum Gasteiger partial charge on any atom is -0.482 e. The van der Waals surface area contributed by atoms with Crippen LogP contribution in [-0.2, 0) is 14.3 Å². The highest BCUT2D eigenvalue weighted by molar-refractivity contribution is 6.08. The fourth-order valence-electron chi connectivity index (χ4n) is 2.68. The molecule has 0 unspecified atom stereocenters. The molecule has 0 aliphatic rings. The molecule has 1 heterocycles. The summed E-state index contributed by atoms with van der Waals surface area (Å²) in [6.07, 6.45) is 1.51. The molecule has 0 aliphatic carbocycles. The number of hydrogen-bond acceptors (Lipinski definition) is 6. The number of ketones is 1. The zero-order chi connectivity index (χ0) is 21.3. The molecule has 0 saturated heterocycles. The van der Waals surface area contributed by atoms with E-state index in [1.54, 1.807) is 67.6 Å². The smallest absolute Gasteiger partial charge is 0.344 e. The lowest BCUT2D eigenvalue weighted by Crippen LogP contribution is -2.31. The first-order valence-corrected chi connectivity index (χ1v) is 9.34. The molecule has 30 heavy (non-hydrogen) atoms. The van der Waals surface area contributed by atoms with Gasteiger partial charge in [-0.05, 0) is 43.3 Å². The summed E-state index contributed by atoms with van der Waals surface area (Å²) in [5.41, 5.74) is 1.10. The largest absolute Gasteiger partial charge is 0.482 e. The molecule has 7 nitrogen and oxygen atoms in total. The van der Waals surface area contributed by atoms with E-state index in [0.717, 1.165) is 0 Å². The summed E-state index contributed by atoms with van der Waals surface area (Å²) in [6.45, 7) is 0.985. The van der Waals surface area contributed by atoms with Crippen LogP contribution in [-0.4, -0.2) is 30.9 Å². The van der Waals surface area contributed by atoms with Gasteiger partial charge in [0, 0.05) is 11.1 Å². The quantitative estimate of drug-likeness (QED) is 0.432. The zero-order valence-electron chi connectivity index (χ0n) is 16.4. The summed E-state index contributed by atoms with van der Waals surface area (Å²) in [5, 5.41) is 2.66. The third-order valence-electron chi connectivity index (χ3n) is 4.22. The van der Waals surface area contributed by atoms with Crippen molar-refractivity contribution in [1.82, 2.24) is 5.32 Å². The second kappa shape index (κ2) is 10.1. The molecule has 0 spiro atoms. The average molecular weight is 407 g/mol. The predicted octanol–water partition coefficient (Wildman–Crippen LogP) is 3.31. The number of hydrogen-bond donors (Lipinski definition) is 1. The Labute approximate surface area is 173 Å². The molecule has 1 aromatic heterocycles. The fraction of sp³-hybridized carbons (Fsp3) is 0.174. The van der Waals surface area contributed by atoms with Crippen molar-refractivity contribution in [3.63, 3.8) is 0 Å². The number of esters is 1. The maximum atomic E-state index is 12.4. The molecule has 1 atom stereocenters. The first kappa shape index (κ1) is 20.9. The molecule has 0 saturated carbocycles. The molecule has 1 amide bonds. The number of furan rings is 1. The van der Waals surface area contributed by atoms with Crippen LogP contribution in [0.3, 0.4) is 0 Å². The maximum absolute atomic E-state index is 12.4. The molecule has 0 bridgehead atoms. The molecular weight excluding hydrogens is 386 g/mol. The lowest BCUT2D eigenvalue weighted by molar-refractivity contribution is -0.150. The molecule has 0 fully saturated rings. The molecule has 1 N–H and O–H groups in total. The van der Waals surface area contributed by atoms with E-state index in [9.17, 15) is 14.4 Å². The molecule has 3 aromatic rings. The number of ether oxygens (including phenoxy) is 2. The van der Waals surface area contributed by atoms with Crippen molar-refractivity contribution < 1.29 is 28.3 Å². The van der Waals surface area contributed by atoms with E-state index in [2.05, 4.69) is 5.32 Å². The molecule has 154 valence electrons. The number of carbonyl (C=O) groups is 3. The van der Waals surface area contributed by atoms with Gasteiger partial charge in [-0.3, -0.25) is 9.59 Å². The molecule has 0 aliphatic heterocycles. The predicted molar refractivity (Wildman–Crippen MR) is 108 cm³/mol. The monoisotopic (exact) mass is 407 g/mol. The first-order valence-electron chi connectivity index (χ1n) is 9.34. The van der Waals surface area contributed by atoms with Crippen molar-refractivity contribution >= 4 is 17.7 Å². The topological polar surface area (TPSA) is 94.8 Å². The van der Waals surface area contributed by atoms with Gasteiger partial charge in [-0.25, -0.2) is 4.79 Å². The van der Waals surface area contributed by atoms with Crippen molar-refractivity contribution in [1.29, 1.82) is 0 Å². The Balaban J connectivity index is 1.41. The van der Waals surface area contributed by atoms with Gasteiger partial charge in [0.05, 0.1) is 12.3 Å². The van der Waals surface area contributed by atoms with E-state index in [1.165, 1.54) is 6.26 Å². The van der Waals surface area contributed by atoms with Crippen molar-refractivity contribution in [2.45, 2.75) is 13.0 Å². The molecule has 2 aromatic carbocycles. The Morgan fingerprint density at radius 2 is 1.60 bits per heavy atom. The number of rotatable bonds is 9. The Morgan fingerprint density at radius 3 is 2.27 bits per heavy atom. The van der Waals surface area contributed by atoms with Gasteiger partial charge in [-0.1, -0.05) is 30.3 Å². The van der Waals surface area contributed by atoms with Crippen molar-refractivity contribution in [2.24, 2.45) is 0 Å². The van der Waals surface area contributed by atoms with Crippen LogP contribution in [0.15, 0.2) is 77.4 Å². The Hall–Kier alpha value is -3.87. The van der Waals surface area contributed by atoms with Crippen LogP contribution in [0.4, 0.5) is 0 Å². The Bertz CT molecular complexity index is 980. The van der Waals surface area contributed by atoms with Gasteiger partial charge in [0.1, 0.15) is 11.5 Å². The Morgan fingerprint density at radius 1 is 0.900 bits per heavy atom. The molecular formula is C23H21NO6. The molecule has 7 heteroatoms. The van der Waals surface area contributed by atoms with E-state index in [4.69, 9.17) is 13.9 Å². The van der Waals surface area contributed by atoms with Gasteiger partial charge >= 0.3 is 5.97 Å². The van der Waals surface area contributed by atoms with Crippen LogP contribution < -0.4 is 10.1 Å². The summed E-state index contributed by atoms with van der Waals surface area (Å²) in [5.74, 6) is -0.215. The number of amides is 1. The van der Waals surface area contributed by atoms with Crippen molar-refractivity contribution in [3.05, 3.63) is 89.9 Å². The average Bonchev–Trinajstić information content (AvgIpc) is 3.32. The van der Waals surface area contributed by atoms with E-state index in [0.29, 0.717) is 22.6 Å². The van der Waals surface area contributed by atoms with E-state index in [1.807, 2.05) is 6.07 Å². The summed E-state index contributed by atoms with van der Waals surface area (Å²) < 4.78 is 15.4. The van der Waals surface area contributed by atoms with Crippen LogP contribution in [0.1, 0.15) is 34.6 Å². The molecule has 0 radical (unpaired) electrons. The lowest BCUT2D eigenvalue weighted by Gasteiger charge is -2.12. The second-order valence-electron chi connectivity index (χ2n) is 6.47. The van der Waals surface area contributed by atoms with Gasteiger partial charge in [0.15, 0.2) is 19.0 Å². The van der Waals surface area contributed by atoms with Gasteiger partial charge in [0.2, 0.25) is 0 Å². The highest BCUT2D eigenvalue weighted by atomic mass is 16.6. The Kier molecular flexibility index (Phi) is 7.00. The highest BCUT2D eigenvalue weighted by Crippen LogP contribution is 2.16. The van der Waals surface area contributed by atoms with Crippen LogP contribution >= 0.6 is 0 Å². The fourth-order valence-corrected chi connectivity index (χ4v) is 2.68. The summed E-state index contributed by atoms with van der Waals surface area (Å²) in [4.78, 5) is 36.0. The minimum atomic E-state index is -0.680. The summed E-state index contributed by atoms with van der Waals surface area (Å²) in [6, 6.07) is 18.5. The standard InChI is InChI=1S/C23H21NO6/c1-16(20-8-5-13-28-20)24-21(25)14-30-22(26)15-29-19-11-9-18(10-12-19)23(27)17-6-3-2-4-7-17/h2-13,16H,14-15H2,1H3,(H,24,25)/t16-/m1/s1. The molecule has 3 rings (SSSR count). The van der Waals surface area contributed by atoms with Crippen LogP contribution in [0.5, 0.6) is 5.75 Å². The van der Waals surface area contributed by atoms with Crippen molar-refractivity contribution in [3.8, 4) is 5.75 Å². The number of carbonyl (C=O) groups excluding carboxylic acids is 3. The van der Waals surface area contributed by atoms with E-state index < -0.39 is 18.5 Å². The summed E-state index contributed by atoms with van der Waals surface area (Å²) >= 11 is 0. The van der Waals surface area contributed by atoms with E-state index in [-0.39, 0.29) is 18.4 Å². The zero-order valence-corrected chi connectivity index (χ0v) is 16.4. The van der Waals surface area contributed by atoms with Crippen LogP contribution in [0.2, 0.25) is 0 Å². The maximum Gasteiger partial charge on any atom is 0.344 e.